The molecule has 0 atom stereocenters. The first-order valence-corrected chi connectivity index (χ1v) is 9.80. The van der Waals surface area contributed by atoms with E-state index in [0.29, 0.717) is 22.9 Å². The molecule has 4 rings (SSSR count). The first-order valence-electron chi connectivity index (χ1n) is 9.80. The molecule has 2 N–H and O–H groups in total. The average molecular weight is 409 g/mol. The SMILES string of the molecule is NN=c1c(=NCCc2ccc(C(=O)c3ccccc3)cc2)c(=O)c2ccccc2c1=O. The number of benzene rings is 4. The highest BCUT2D eigenvalue weighted by Gasteiger charge is 2.10. The minimum atomic E-state index is -0.403. The molecular formula is C25H19N3O3. The van der Waals surface area contributed by atoms with Crippen molar-refractivity contribution >= 4 is 16.6 Å². The molecule has 0 aliphatic rings. The number of ketones is 1. The summed E-state index contributed by atoms with van der Waals surface area (Å²) in [5.74, 6) is 5.34. The summed E-state index contributed by atoms with van der Waals surface area (Å²) in [6, 6.07) is 22.9. The topological polar surface area (TPSA) is 102 Å². The normalized spacial score (nSPS) is 12.4. The Bertz CT molecular complexity index is 1480. The van der Waals surface area contributed by atoms with E-state index in [4.69, 9.17) is 5.84 Å². The lowest BCUT2D eigenvalue weighted by Crippen LogP contribution is -2.49. The Kier molecular flexibility index (Phi) is 5.62. The Morgan fingerprint density at radius 1 is 0.710 bits per heavy atom. The second kappa shape index (κ2) is 8.67. The molecular weight excluding hydrogens is 390 g/mol. The van der Waals surface area contributed by atoms with Crippen LogP contribution in [0.3, 0.4) is 0 Å². The quantitative estimate of drug-likeness (QED) is 0.307. The van der Waals surface area contributed by atoms with Crippen LogP contribution in [0, 0.1) is 0 Å². The van der Waals surface area contributed by atoms with Crippen LogP contribution < -0.4 is 27.4 Å². The minimum absolute atomic E-state index is 0.0120. The standard InChI is InChI=1S/C25H19N3O3/c26-28-22-21(24(30)19-8-4-5-9-20(19)25(22)31)27-15-14-16-10-12-18(13-11-16)23(29)17-6-2-1-3-7-17/h1-13H,14-15,26H2. The summed E-state index contributed by atoms with van der Waals surface area (Å²) in [6.45, 7) is 0.279. The van der Waals surface area contributed by atoms with E-state index in [2.05, 4.69) is 10.1 Å². The van der Waals surface area contributed by atoms with Crippen molar-refractivity contribution < 1.29 is 4.79 Å². The molecule has 0 aliphatic heterocycles. The fourth-order valence-corrected chi connectivity index (χ4v) is 3.49. The zero-order valence-electron chi connectivity index (χ0n) is 16.6. The van der Waals surface area contributed by atoms with Crippen molar-refractivity contribution in [3.05, 3.63) is 127 Å². The highest BCUT2D eigenvalue weighted by molar-refractivity contribution is 6.08. The lowest BCUT2D eigenvalue weighted by molar-refractivity contribution is 0.103. The molecule has 0 saturated heterocycles. The number of carbonyl (C=O) groups is 1. The molecule has 0 fully saturated rings. The molecule has 4 aromatic rings. The summed E-state index contributed by atoms with van der Waals surface area (Å²) in [6.07, 6.45) is 0.532. The molecule has 4 aromatic carbocycles. The van der Waals surface area contributed by atoms with Crippen LogP contribution in [0.1, 0.15) is 21.5 Å². The first kappa shape index (κ1) is 20.1. The molecule has 6 nitrogen and oxygen atoms in total. The molecule has 0 radical (unpaired) electrons. The maximum absolute atomic E-state index is 12.8. The van der Waals surface area contributed by atoms with E-state index in [9.17, 15) is 14.4 Å². The molecule has 31 heavy (non-hydrogen) atoms. The van der Waals surface area contributed by atoms with E-state index >= 15 is 0 Å². The van der Waals surface area contributed by atoms with Gasteiger partial charge >= 0.3 is 0 Å². The second-order valence-corrected chi connectivity index (χ2v) is 7.05. The van der Waals surface area contributed by atoms with Crippen LogP contribution in [0.4, 0.5) is 0 Å². The van der Waals surface area contributed by atoms with Gasteiger partial charge in [-0.15, -0.1) is 0 Å². The molecule has 0 unspecified atom stereocenters. The van der Waals surface area contributed by atoms with E-state index in [0.717, 1.165) is 5.56 Å². The third-order valence-electron chi connectivity index (χ3n) is 5.12. The summed E-state index contributed by atoms with van der Waals surface area (Å²) in [5.41, 5.74) is 1.43. The van der Waals surface area contributed by atoms with Gasteiger partial charge in [-0.1, -0.05) is 78.9 Å². The summed E-state index contributed by atoms with van der Waals surface area (Å²) < 4.78 is 0. The molecule has 152 valence electrons. The molecule has 0 bridgehead atoms. The monoisotopic (exact) mass is 409 g/mol. The third kappa shape index (κ3) is 3.96. The Morgan fingerprint density at radius 3 is 1.87 bits per heavy atom. The predicted octanol–water partition coefficient (Wildman–Crippen LogP) is 1.58. The fourth-order valence-electron chi connectivity index (χ4n) is 3.49. The number of rotatable bonds is 5. The van der Waals surface area contributed by atoms with Gasteiger partial charge in [0.15, 0.2) is 11.1 Å². The van der Waals surface area contributed by atoms with Crippen molar-refractivity contribution in [3.63, 3.8) is 0 Å². The maximum atomic E-state index is 12.8. The number of nitrogens with two attached hydrogens (primary N) is 1. The van der Waals surface area contributed by atoms with Gasteiger partial charge in [-0.25, -0.2) is 0 Å². The first-order chi connectivity index (χ1) is 15.1. The summed E-state index contributed by atoms with van der Waals surface area (Å²) >= 11 is 0. The van der Waals surface area contributed by atoms with Crippen molar-refractivity contribution in [2.45, 2.75) is 6.42 Å². The largest absolute Gasteiger partial charge is 0.322 e. The minimum Gasteiger partial charge on any atom is -0.322 e. The molecule has 0 heterocycles. The molecule has 0 aliphatic carbocycles. The van der Waals surface area contributed by atoms with Crippen LogP contribution in [-0.4, -0.2) is 12.3 Å². The van der Waals surface area contributed by atoms with Gasteiger partial charge in [-0.3, -0.25) is 19.4 Å². The number of hydrogen-bond acceptors (Lipinski definition) is 6. The Hall–Kier alpha value is -4.19. The molecule has 0 aromatic heterocycles. The van der Waals surface area contributed by atoms with Crippen molar-refractivity contribution in [1.82, 2.24) is 0 Å². The van der Waals surface area contributed by atoms with Gasteiger partial charge in [0.2, 0.25) is 10.9 Å². The number of fused-ring (bicyclic) bond motifs is 1. The highest BCUT2D eigenvalue weighted by atomic mass is 16.1. The zero-order valence-corrected chi connectivity index (χ0v) is 16.6. The van der Waals surface area contributed by atoms with Crippen LogP contribution in [0.25, 0.3) is 10.8 Å². The van der Waals surface area contributed by atoms with Crippen LogP contribution in [-0.2, 0) is 6.42 Å². The van der Waals surface area contributed by atoms with Gasteiger partial charge < -0.3 is 5.84 Å². The molecule has 6 heteroatoms. The summed E-state index contributed by atoms with van der Waals surface area (Å²) in [4.78, 5) is 42.2. The summed E-state index contributed by atoms with van der Waals surface area (Å²) in [5, 5.41) is 3.99. The third-order valence-corrected chi connectivity index (χ3v) is 5.12. The highest BCUT2D eigenvalue weighted by Crippen LogP contribution is 2.11. The predicted molar refractivity (Wildman–Crippen MR) is 119 cm³/mol. The molecule has 0 spiro atoms. The zero-order chi connectivity index (χ0) is 21.8. The van der Waals surface area contributed by atoms with Crippen LogP contribution in [0.2, 0.25) is 0 Å². The average Bonchev–Trinajstić information content (AvgIpc) is 2.83. The van der Waals surface area contributed by atoms with Gasteiger partial charge in [0, 0.05) is 28.4 Å². The number of carbonyl (C=O) groups excluding carboxylic acids is 1. The van der Waals surface area contributed by atoms with Gasteiger partial charge in [0.05, 0.1) is 0 Å². The maximum Gasteiger partial charge on any atom is 0.216 e. The molecule has 0 amide bonds. The number of hydrogen-bond donors (Lipinski definition) is 1. The Balaban J connectivity index is 1.59. The Morgan fingerprint density at radius 2 is 1.26 bits per heavy atom. The van der Waals surface area contributed by atoms with Gasteiger partial charge in [-0.05, 0) is 12.0 Å². The fraction of sp³-hybridized carbons (Fsp3) is 0.0800. The molecule has 0 saturated carbocycles. The van der Waals surface area contributed by atoms with E-state index in [-0.39, 0.29) is 33.9 Å². The summed E-state index contributed by atoms with van der Waals surface area (Å²) in [7, 11) is 0. The van der Waals surface area contributed by atoms with Crippen LogP contribution in [0.5, 0.6) is 0 Å². The Labute approximate surface area is 177 Å². The second-order valence-electron chi connectivity index (χ2n) is 7.05. The van der Waals surface area contributed by atoms with Crippen LogP contribution >= 0.6 is 0 Å². The van der Waals surface area contributed by atoms with Gasteiger partial charge in [0.1, 0.15) is 5.36 Å². The van der Waals surface area contributed by atoms with Crippen molar-refractivity contribution in [1.29, 1.82) is 0 Å². The van der Waals surface area contributed by atoms with Gasteiger partial charge in [-0.2, -0.15) is 5.10 Å². The van der Waals surface area contributed by atoms with E-state index in [1.807, 2.05) is 30.3 Å². The number of nitrogens with zero attached hydrogens (tertiary/aromatic N) is 2. The van der Waals surface area contributed by atoms with Crippen LogP contribution in [0.15, 0.2) is 98.5 Å². The van der Waals surface area contributed by atoms with E-state index in [1.165, 1.54) is 0 Å². The van der Waals surface area contributed by atoms with E-state index in [1.54, 1.807) is 48.5 Å². The lowest BCUT2D eigenvalue weighted by Gasteiger charge is -2.03. The van der Waals surface area contributed by atoms with Gasteiger partial charge in [0.25, 0.3) is 0 Å². The van der Waals surface area contributed by atoms with E-state index < -0.39 is 5.43 Å². The smallest absolute Gasteiger partial charge is 0.216 e. The van der Waals surface area contributed by atoms with Crippen molar-refractivity contribution in [3.8, 4) is 0 Å². The lowest BCUT2D eigenvalue weighted by atomic mass is 10.0. The van der Waals surface area contributed by atoms with Crippen molar-refractivity contribution in [2.24, 2.45) is 15.9 Å². The van der Waals surface area contributed by atoms with Crippen molar-refractivity contribution in [2.75, 3.05) is 6.54 Å².